The van der Waals surface area contributed by atoms with Gasteiger partial charge in [-0.15, -0.1) is 0 Å². The predicted octanol–water partition coefficient (Wildman–Crippen LogP) is 2.58. The third-order valence-electron chi connectivity index (χ3n) is 4.55. The summed E-state index contributed by atoms with van der Waals surface area (Å²) < 4.78 is 4.04. The first-order valence-electron chi connectivity index (χ1n) is 8.20. The van der Waals surface area contributed by atoms with Crippen LogP contribution in [0.15, 0.2) is 35.8 Å². The summed E-state index contributed by atoms with van der Waals surface area (Å²) in [5.74, 6) is -0.175. The van der Waals surface area contributed by atoms with E-state index in [4.69, 9.17) is 0 Å². The number of carbonyl (C=O) groups excluding carboxylic acids is 2. The molecule has 0 radical (unpaired) electrons. The van der Waals surface area contributed by atoms with Gasteiger partial charge >= 0.3 is 0 Å². The molecule has 1 atom stereocenters. The van der Waals surface area contributed by atoms with Crippen molar-refractivity contribution in [3.05, 3.63) is 52.7 Å². The van der Waals surface area contributed by atoms with Crippen molar-refractivity contribution in [1.29, 1.82) is 0 Å². The van der Waals surface area contributed by atoms with Gasteiger partial charge in [-0.1, -0.05) is 11.6 Å². The highest BCUT2D eigenvalue weighted by Crippen LogP contribution is 2.23. The van der Waals surface area contributed by atoms with Crippen LogP contribution in [0.25, 0.3) is 10.9 Å². The average Bonchev–Trinajstić information content (AvgIpc) is 3.34. The Morgan fingerprint density at radius 2 is 2.24 bits per heavy atom. The molecule has 1 saturated heterocycles. The number of amides is 2. The Labute approximate surface area is 149 Å². The molecule has 0 aliphatic carbocycles. The molecule has 2 N–H and O–H groups in total. The molecule has 0 unspecified atom stereocenters. The number of fused-ring (bicyclic) bond motifs is 1. The highest BCUT2D eigenvalue weighted by atomic mass is 32.1. The number of aromatic amines is 1. The van der Waals surface area contributed by atoms with E-state index in [9.17, 15) is 9.59 Å². The fourth-order valence-corrected chi connectivity index (χ4v) is 3.74. The summed E-state index contributed by atoms with van der Waals surface area (Å²) in [6.07, 6.45) is 2.52. The fraction of sp³-hybridized carbons (Fsp3) is 0.278. The second-order valence-corrected chi connectivity index (χ2v) is 7.01. The van der Waals surface area contributed by atoms with E-state index in [2.05, 4.69) is 14.7 Å². The van der Waals surface area contributed by atoms with Gasteiger partial charge in [0.2, 0.25) is 0 Å². The van der Waals surface area contributed by atoms with E-state index in [1.807, 2.05) is 25.1 Å². The van der Waals surface area contributed by atoms with Crippen molar-refractivity contribution < 1.29 is 9.59 Å². The van der Waals surface area contributed by atoms with E-state index >= 15 is 0 Å². The number of aromatic nitrogens is 2. The minimum Gasteiger partial charge on any atom is -0.360 e. The molecule has 7 heteroatoms. The Bertz CT molecular complexity index is 932. The lowest BCUT2D eigenvalue weighted by molar-refractivity contribution is 0.0785. The summed E-state index contributed by atoms with van der Waals surface area (Å²) in [5, 5.41) is 5.68. The third kappa shape index (κ3) is 3.02. The van der Waals surface area contributed by atoms with Crippen molar-refractivity contribution in [2.24, 2.45) is 0 Å². The molecule has 3 heterocycles. The fourth-order valence-electron chi connectivity index (χ4n) is 3.23. The van der Waals surface area contributed by atoms with E-state index in [-0.39, 0.29) is 17.9 Å². The number of nitrogens with zero attached hydrogens (tertiary/aromatic N) is 2. The smallest absolute Gasteiger partial charge is 0.271 e. The second kappa shape index (κ2) is 6.33. The summed E-state index contributed by atoms with van der Waals surface area (Å²) in [7, 11) is 0. The monoisotopic (exact) mass is 354 g/mol. The molecule has 3 aromatic rings. The number of aryl methyl sites for hydroxylation is 1. The van der Waals surface area contributed by atoms with Gasteiger partial charge in [-0.2, -0.15) is 4.37 Å². The Morgan fingerprint density at radius 1 is 1.36 bits per heavy atom. The number of rotatable bonds is 3. The molecule has 0 bridgehead atoms. The maximum atomic E-state index is 12.9. The molecule has 1 aromatic carbocycles. The Morgan fingerprint density at radius 3 is 3.04 bits per heavy atom. The van der Waals surface area contributed by atoms with Crippen LogP contribution in [0.5, 0.6) is 0 Å². The van der Waals surface area contributed by atoms with Crippen molar-refractivity contribution in [1.82, 2.24) is 19.6 Å². The maximum Gasteiger partial charge on any atom is 0.271 e. The molecular formula is C18H18N4O2S. The van der Waals surface area contributed by atoms with Crippen LogP contribution in [0.1, 0.15) is 32.8 Å². The molecule has 2 amide bonds. The van der Waals surface area contributed by atoms with Crippen molar-refractivity contribution in [2.45, 2.75) is 19.4 Å². The number of H-pyrrole nitrogens is 1. The van der Waals surface area contributed by atoms with E-state index in [0.29, 0.717) is 24.3 Å². The quantitative estimate of drug-likeness (QED) is 0.759. The summed E-state index contributed by atoms with van der Waals surface area (Å²) in [6.45, 7) is 3.17. The molecule has 25 heavy (non-hydrogen) atoms. The number of likely N-dealkylation sites (tertiary alicyclic amines) is 1. The van der Waals surface area contributed by atoms with Crippen LogP contribution in [-0.4, -0.2) is 45.2 Å². The third-order valence-corrected chi connectivity index (χ3v) is 5.11. The van der Waals surface area contributed by atoms with Crippen molar-refractivity contribution in [3.8, 4) is 0 Å². The van der Waals surface area contributed by atoms with E-state index < -0.39 is 0 Å². The van der Waals surface area contributed by atoms with Crippen molar-refractivity contribution >= 4 is 34.2 Å². The SMILES string of the molecule is Cc1ccc2[nH]cc(C(=O)N3CC[C@H](NC(=O)c4ccsn4)C3)c2c1. The van der Waals surface area contributed by atoms with Gasteiger partial charge in [-0.3, -0.25) is 9.59 Å². The molecule has 1 aliphatic heterocycles. The van der Waals surface area contributed by atoms with Crippen LogP contribution in [-0.2, 0) is 0 Å². The zero-order valence-corrected chi connectivity index (χ0v) is 14.6. The minimum absolute atomic E-state index is 0.00209. The first kappa shape index (κ1) is 15.8. The lowest BCUT2D eigenvalue weighted by Gasteiger charge is -2.16. The topological polar surface area (TPSA) is 78.1 Å². The Balaban J connectivity index is 1.46. The summed E-state index contributed by atoms with van der Waals surface area (Å²) in [6, 6.07) is 7.70. The van der Waals surface area contributed by atoms with Crippen LogP contribution in [0.3, 0.4) is 0 Å². The lowest BCUT2D eigenvalue weighted by atomic mass is 10.1. The first-order valence-corrected chi connectivity index (χ1v) is 9.04. The molecule has 2 aromatic heterocycles. The number of hydrogen-bond acceptors (Lipinski definition) is 4. The van der Waals surface area contributed by atoms with E-state index in [0.717, 1.165) is 22.9 Å². The first-order chi connectivity index (χ1) is 12.1. The van der Waals surface area contributed by atoms with Crippen LogP contribution >= 0.6 is 11.5 Å². The van der Waals surface area contributed by atoms with Gasteiger partial charge in [0.15, 0.2) is 0 Å². The molecule has 128 valence electrons. The number of hydrogen-bond donors (Lipinski definition) is 2. The summed E-state index contributed by atoms with van der Waals surface area (Å²) >= 11 is 1.25. The summed E-state index contributed by atoms with van der Waals surface area (Å²) in [5.41, 5.74) is 3.20. The molecule has 1 fully saturated rings. The zero-order valence-electron chi connectivity index (χ0n) is 13.8. The van der Waals surface area contributed by atoms with E-state index in [1.165, 1.54) is 11.5 Å². The number of nitrogens with one attached hydrogen (secondary N) is 2. The van der Waals surface area contributed by atoms with Crippen LogP contribution in [0.4, 0.5) is 0 Å². The van der Waals surface area contributed by atoms with Gasteiger partial charge in [0, 0.05) is 41.6 Å². The predicted molar refractivity (Wildman–Crippen MR) is 96.9 cm³/mol. The highest BCUT2D eigenvalue weighted by molar-refractivity contribution is 7.03. The van der Waals surface area contributed by atoms with E-state index in [1.54, 1.807) is 22.5 Å². The average molecular weight is 354 g/mol. The van der Waals surface area contributed by atoms with Gasteiger partial charge in [0.05, 0.1) is 5.56 Å². The molecular weight excluding hydrogens is 336 g/mol. The van der Waals surface area contributed by atoms with Gasteiger partial charge in [0.25, 0.3) is 11.8 Å². The largest absolute Gasteiger partial charge is 0.360 e. The Kier molecular flexibility index (Phi) is 4.01. The number of carbonyl (C=O) groups is 2. The van der Waals surface area contributed by atoms with Crippen molar-refractivity contribution in [3.63, 3.8) is 0 Å². The molecule has 0 spiro atoms. The van der Waals surface area contributed by atoms with Gasteiger partial charge in [0.1, 0.15) is 5.69 Å². The molecule has 0 saturated carbocycles. The van der Waals surface area contributed by atoms with Gasteiger partial charge < -0.3 is 15.2 Å². The zero-order chi connectivity index (χ0) is 17.4. The highest BCUT2D eigenvalue weighted by Gasteiger charge is 2.29. The van der Waals surface area contributed by atoms with Crippen LogP contribution < -0.4 is 5.32 Å². The number of benzene rings is 1. The second-order valence-electron chi connectivity index (χ2n) is 6.35. The standard InChI is InChI=1S/C18H18N4O2S/c1-11-2-3-15-13(8-11)14(9-19-15)18(24)22-6-4-12(10-22)20-17(23)16-5-7-25-21-16/h2-3,5,7-9,12,19H,4,6,10H2,1H3,(H,20,23)/t12-/m0/s1. The molecule has 1 aliphatic rings. The van der Waals surface area contributed by atoms with Crippen molar-refractivity contribution in [2.75, 3.05) is 13.1 Å². The normalized spacial score (nSPS) is 17.2. The van der Waals surface area contributed by atoms with Crippen LogP contribution in [0, 0.1) is 6.92 Å². The lowest BCUT2D eigenvalue weighted by Crippen LogP contribution is -2.38. The van der Waals surface area contributed by atoms with Gasteiger partial charge in [-0.05, 0) is 43.1 Å². The van der Waals surface area contributed by atoms with Gasteiger partial charge in [-0.25, -0.2) is 0 Å². The van der Waals surface area contributed by atoms with Crippen LogP contribution in [0.2, 0.25) is 0 Å². The Hall–Kier alpha value is -2.67. The minimum atomic E-state index is -0.178. The molecule has 4 rings (SSSR count). The summed E-state index contributed by atoms with van der Waals surface area (Å²) in [4.78, 5) is 29.9. The maximum absolute atomic E-state index is 12.9. The molecule has 6 nitrogen and oxygen atoms in total.